The molecule has 0 bridgehead atoms. The van der Waals surface area contributed by atoms with Gasteiger partial charge < -0.3 is 0 Å². The second-order valence-corrected chi connectivity index (χ2v) is 7.85. The van der Waals surface area contributed by atoms with Crippen LogP contribution in [-0.4, -0.2) is 44.7 Å². The Morgan fingerprint density at radius 3 is 2.62 bits per heavy atom. The highest BCUT2D eigenvalue weighted by Crippen LogP contribution is 2.28. The molecule has 2 atom stereocenters. The Kier molecular flexibility index (Phi) is 4.57. The van der Waals surface area contributed by atoms with Gasteiger partial charge in [0.05, 0.1) is 6.54 Å². The summed E-state index contributed by atoms with van der Waals surface area (Å²) in [6.45, 7) is 5.65. The van der Waals surface area contributed by atoms with Crippen molar-refractivity contribution in [3.8, 4) is 0 Å². The van der Waals surface area contributed by atoms with Crippen LogP contribution in [0.4, 0.5) is 5.95 Å². The van der Waals surface area contributed by atoms with Crippen LogP contribution in [0.1, 0.15) is 57.7 Å². The first-order valence-corrected chi connectivity index (χ1v) is 9.69. The van der Waals surface area contributed by atoms with Gasteiger partial charge in [-0.25, -0.2) is 4.68 Å². The predicted molar refractivity (Wildman–Crippen MR) is 92.7 cm³/mol. The molecular weight excluding hydrogens is 302 g/mol. The lowest BCUT2D eigenvalue weighted by atomic mass is 9.89. The summed E-state index contributed by atoms with van der Waals surface area (Å²) < 4.78 is 2.03. The van der Waals surface area contributed by atoms with Crippen LogP contribution < -0.4 is 5.32 Å². The minimum absolute atomic E-state index is 0.113. The maximum absolute atomic E-state index is 12.4. The molecule has 3 heterocycles. The number of anilines is 1. The fourth-order valence-corrected chi connectivity index (χ4v) is 4.63. The number of carbonyl (C=O) groups excluding carboxylic acids is 1. The molecule has 0 radical (unpaired) electrons. The van der Waals surface area contributed by atoms with Gasteiger partial charge in [0.2, 0.25) is 11.9 Å². The first-order chi connectivity index (χ1) is 11.7. The molecule has 1 aromatic heterocycles. The predicted octanol–water partition coefficient (Wildman–Crippen LogP) is 2.45. The molecule has 1 aromatic rings. The fourth-order valence-electron chi connectivity index (χ4n) is 4.63. The molecule has 132 valence electrons. The Morgan fingerprint density at radius 2 is 1.88 bits per heavy atom. The van der Waals surface area contributed by atoms with Crippen LogP contribution in [0, 0.1) is 11.8 Å². The smallest absolute Gasteiger partial charge is 0.248 e. The Morgan fingerprint density at radius 1 is 1.12 bits per heavy atom. The van der Waals surface area contributed by atoms with Crippen molar-refractivity contribution in [3.63, 3.8) is 0 Å². The van der Waals surface area contributed by atoms with Crippen molar-refractivity contribution in [1.29, 1.82) is 0 Å². The van der Waals surface area contributed by atoms with Gasteiger partial charge in [0.1, 0.15) is 5.82 Å². The second-order valence-electron chi connectivity index (χ2n) is 7.85. The SMILES string of the molecule is CC1Cc2nc(NC(=O)C3CCCCC3)nn2CC1N1CCCC1. The molecule has 1 aliphatic carbocycles. The minimum atomic E-state index is 0.113. The van der Waals surface area contributed by atoms with Crippen molar-refractivity contribution >= 4 is 11.9 Å². The van der Waals surface area contributed by atoms with E-state index in [1.165, 1.54) is 45.2 Å². The lowest BCUT2D eigenvalue weighted by Crippen LogP contribution is -2.45. The van der Waals surface area contributed by atoms with E-state index in [0.717, 1.165) is 31.6 Å². The van der Waals surface area contributed by atoms with E-state index in [2.05, 4.69) is 27.2 Å². The largest absolute Gasteiger partial charge is 0.298 e. The summed E-state index contributed by atoms with van der Waals surface area (Å²) in [5, 5.41) is 7.56. The maximum Gasteiger partial charge on any atom is 0.248 e. The third kappa shape index (κ3) is 3.21. The lowest BCUT2D eigenvalue weighted by Gasteiger charge is -2.35. The van der Waals surface area contributed by atoms with Crippen molar-refractivity contribution in [2.75, 3.05) is 18.4 Å². The van der Waals surface area contributed by atoms with Crippen LogP contribution in [0.25, 0.3) is 0 Å². The molecule has 6 nitrogen and oxygen atoms in total. The fraction of sp³-hybridized carbons (Fsp3) is 0.833. The molecular formula is C18H29N5O. The van der Waals surface area contributed by atoms with Gasteiger partial charge in [0.15, 0.2) is 0 Å². The Labute approximate surface area is 144 Å². The number of hydrogen-bond donors (Lipinski definition) is 1. The highest BCUT2D eigenvalue weighted by molar-refractivity contribution is 5.90. The summed E-state index contributed by atoms with van der Waals surface area (Å²) in [5.41, 5.74) is 0. The van der Waals surface area contributed by atoms with Crippen LogP contribution >= 0.6 is 0 Å². The van der Waals surface area contributed by atoms with Gasteiger partial charge in [0.25, 0.3) is 0 Å². The van der Waals surface area contributed by atoms with Crippen molar-refractivity contribution < 1.29 is 4.79 Å². The van der Waals surface area contributed by atoms with E-state index in [4.69, 9.17) is 0 Å². The molecule has 2 unspecified atom stereocenters. The van der Waals surface area contributed by atoms with E-state index in [-0.39, 0.29) is 11.8 Å². The summed E-state index contributed by atoms with van der Waals surface area (Å²) in [6, 6.07) is 0.559. The van der Waals surface area contributed by atoms with E-state index in [9.17, 15) is 4.79 Å². The third-order valence-corrected chi connectivity index (χ3v) is 6.09. The average Bonchev–Trinajstić information content (AvgIpc) is 3.23. The number of nitrogens with zero attached hydrogens (tertiary/aromatic N) is 4. The highest BCUT2D eigenvalue weighted by Gasteiger charge is 2.33. The number of aromatic nitrogens is 3. The Hall–Kier alpha value is -1.43. The van der Waals surface area contributed by atoms with Crippen LogP contribution in [0.15, 0.2) is 0 Å². The van der Waals surface area contributed by atoms with Crippen LogP contribution in [-0.2, 0) is 17.8 Å². The summed E-state index contributed by atoms with van der Waals surface area (Å²) in [7, 11) is 0. The molecule has 1 N–H and O–H groups in total. The number of hydrogen-bond acceptors (Lipinski definition) is 4. The summed E-state index contributed by atoms with van der Waals surface area (Å²) >= 11 is 0. The van der Waals surface area contributed by atoms with Gasteiger partial charge in [-0.1, -0.05) is 26.2 Å². The molecule has 3 aliphatic rings. The van der Waals surface area contributed by atoms with Gasteiger partial charge in [-0.05, 0) is 44.7 Å². The van der Waals surface area contributed by atoms with Gasteiger partial charge in [0, 0.05) is 18.4 Å². The number of nitrogens with one attached hydrogen (secondary N) is 1. The molecule has 6 heteroatoms. The molecule has 2 aliphatic heterocycles. The standard InChI is InChI=1S/C18H29N5O/c1-13-11-16-19-18(20-17(24)14-7-3-2-4-8-14)21-23(16)12-15(13)22-9-5-6-10-22/h13-15H,2-12H2,1H3,(H,20,21,24). The normalized spacial score (nSPS) is 28.7. The Bertz CT molecular complexity index is 586. The zero-order chi connectivity index (χ0) is 16.5. The number of fused-ring (bicyclic) bond motifs is 1. The van der Waals surface area contributed by atoms with Crippen molar-refractivity contribution in [3.05, 3.63) is 5.82 Å². The Balaban J connectivity index is 1.43. The molecule has 1 saturated heterocycles. The quantitative estimate of drug-likeness (QED) is 0.924. The second kappa shape index (κ2) is 6.82. The lowest BCUT2D eigenvalue weighted by molar-refractivity contribution is -0.120. The number of amides is 1. The zero-order valence-electron chi connectivity index (χ0n) is 14.7. The van der Waals surface area contributed by atoms with Crippen LogP contribution in [0.3, 0.4) is 0 Å². The first-order valence-electron chi connectivity index (χ1n) is 9.69. The molecule has 2 fully saturated rings. The molecule has 0 aromatic carbocycles. The summed E-state index contributed by atoms with van der Waals surface area (Å²) in [4.78, 5) is 19.6. The number of rotatable bonds is 3. The minimum Gasteiger partial charge on any atom is -0.298 e. The van der Waals surface area contributed by atoms with Gasteiger partial charge in [-0.2, -0.15) is 4.98 Å². The zero-order valence-corrected chi connectivity index (χ0v) is 14.7. The number of carbonyl (C=O) groups is 1. The van der Waals surface area contributed by atoms with Crippen LogP contribution in [0.2, 0.25) is 0 Å². The van der Waals surface area contributed by atoms with E-state index in [1.807, 2.05) is 4.68 Å². The van der Waals surface area contributed by atoms with Gasteiger partial charge in [-0.15, -0.1) is 5.10 Å². The molecule has 0 spiro atoms. The molecule has 24 heavy (non-hydrogen) atoms. The average molecular weight is 331 g/mol. The van der Waals surface area contributed by atoms with Crippen LogP contribution in [0.5, 0.6) is 0 Å². The molecule has 1 amide bonds. The first kappa shape index (κ1) is 16.1. The van der Waals surface area contributed by atoms with E-state index >= 15 is 0 Å². The van der Waals surface area contributed by atoms with E-state index < -0.39 is 0 Å². The molecule has 4 rings (SSSR count). The summed E-state index contributed by atoms with van der Waals surface area (Å²) in [6.07, 6.45) is 9.19. The van der Waals surface area contributed by atoms with E-state index in [0.29, 0.717) is 17.9 Å². The highest BCUT2D eigenvalue weighted by atomic mass is 16.2. The molecule has 1 saturated carbocycles. The monoisotopic (exact) mass is 331 g/mol. The van der Waals surface area contributed by atoms with Gasteiger partial charge >= 0.3 is 0 Å². The van der Waals surface area contributed by atoms with Gasteiger partial charge in [-0.3, -0.25) is 15.0 Å². The van der Waals surface area contributed by atoms with E-state index in [1.54, 1.807) is 0 Å². The summed E-state index contributed by atoms with van der Waals surface area (Å²) in [5.74, 6) is 2.39. The van der Waals surface area contributed by atoms with Crippen molar-refractivity contribution in [2.24, 2.45) is 11.8 Å². The number of likely N-dealkylation sites (tertiary alicyclic amines) is 1. The van der Waals surface area contributed by atoms with Crippen molar-refractivity contribution in [2.45, 2.75) is 70.9 Å². The van der Waals surface area contributed by atoms with Crippen molar-refractivity contribution in [1.82, 2.24) is 19.7 Å². The topological polar surface area (TPSA) is 63.1 Å². The maximum atomic E-state index is 12.4. The third-order valence-electron chi connectivity index (χ3n) is 6.09.